The third-order valence-corrected chi connectivity index (χ3v) is 4.58. The summed E-state index contributed by atoms with van der Waals surface area (Å²) in [5, 5.41) is 12.6. The molecule has 1 aromatic heterocycles. The van der Waals surface area contributed by atoms with Crippen molar-refractivity contribution in [3.63, 3.8) is 0 Å². The van der Waals surface area contributed by atoms with Crippen molar-refractivity contribution in [2.24, 2.45) is 11.8 Å². The van der Waals surface area contributed by atoms with E-state index in [0.29, 0.717) is 34.1 Å². The average molecular weight is 269 g/mol. The van der Waals surface area contributed by atoms with E-state index >= 15 is 0 Å². The van der Waals surface area contributed by atoms with Crippen LogP contribution in [-0.2, 0) is 0 Å². The molecule has 0 aliphatic heterocycles. The zero-order valence-corrected chi connectivity index (χ0v) is 11.3. The third-order valence-electron chi connectivity index (χ3n) is 3.60. The van der Waals surface area contributed by atoms with E-state index in [1.807, 2.05) is 0 Å². The molecule has 1 saturated carbocycles. The van der Waals surface area contributed by atoms with Crippen molar-refractivity contribution in [3.8, 4) is 0 Å². The molecule has 100 valence electrons. The molecule has 18 heavy (non-hydrogen) atoms. The second kappa shape index (κ2) is 5.67. The molecule has 1 amide bonds. The van der Waals surface area contributed by atoms with Gasteiger partial charge < -0.3 is 16.2 Å². The van der Waals surface area contributed by atoms with Crippen molar-refractivity contribution in [2.45, 2.75) is 26.2 Å². The highest BCUT2D eigenvalue weighted by Gasteiger charge is 2.27. The first kappa shape index (κ1) is 13.3. The molecule has 5 nitrogen and oxygen atoms in total. The van der Waals surface area contributed by atoms with Crippen molar-refractivity contribution < 1.29 is 9.90 Å². The number of nitrogens with one attached hydrogen (secondary N) is 1. The first-order valence-electron chi connectivity index (χ1n) is 6.23. The number of carbonyl (C=O) groups excluding carboxylic acids is 1. The van der Waals surface area contributed by atoms with E-state index in [4.69, 9.17) is 5.73 Å². The van der Waals surface area contributed by atoms with E-state index in [-0.39, 0.29) is 12.5 Å². The van der Waals surface area contributed by atoms with Gasteiger partial charge in [-0.2, -0.15) is 0 Å². The van der Waals surface area contributed by atoms with Gasteiger partial charge in [-0.05, 0) is 31.6 Å². The molecule has 0 bridgehead atoms. The fraction of sp³-hybridized carbons (Fsp3) is 0.667. The number of nitrogens with zero attached hydrogens (tertiary/aromatic N) is 1. The van der Waals surface area contributed by atoms with Crippen molar-refractivity contribution in [2.75, 3.05) is 18.9 Å². The number of anilines is 1. The van der Waals surface area contributed by atoms with Crippen LogP contribution in [0, 0.1) is 18.8 Å². The number of amides is 1. The number of rotatable bonds is 4. The highest BCUT2D eigenvalue weighted by molar-refractivity contribution is 7.17. The number of aromatic nitrogens is 1. The Kier molecular flexibility index (Phi) is 4.19. The van der Waals surface area contributed by atoms with Crippen LogP contribution in [0.4, 0.5) is 5.13 Å². The van der Waals surface area contributed by atoms with E-state index in [2.05, 4.69) is 10.3 Å². The monoisotopic (exact) mass is 269 g/mol. The van der Waals surface area contributed by atoms with Gasteiger partial charge in [0.05, 0.1) is 5.69 Å². The van der Waals surface area contributed by atoms with Gasteiger partial charge in [-0.3, -0.25) is 4.79 Å². The molecule has 1 aliphatic carbocycles. The SMILES string of the molecule is Cc1nc(N)sc1C(=O)NCC1CCCC1CO. The van der Waals surface area contributed by atoms with Crippen molar-refractivity contribution in [1.82, 2.24) is 10.3 Å². The Hall–Kier alpha value is -1.14. The Labute approximate surface area is 110 Å². The minimum absolute atomic E-state index is 0.106. The maximum atomic E-state index is 12.0. The van der Waals surface area contributed by atoms with Gasteiger partial charge in [0.15, 0.2) is 5.13 Å². The maximum absolute atomic E-state index is 12.0. The Bertz CT molecular complexity index is 433. The molecule has 2 unspecified atom stereocenters. The number of carbonyl (C=O) groups is 1. The molecule has 0 radical (unpaired) electrons. The topological polar surface area (TPSA) is 88.2 Å². The van der Waals surface area contributed by atoms with Gasteiger partial charge in [0, 0.05) is 13.2 Å². The Morgan fingerprint density at radius 2 is 2.28 bits per heavy atom. The molecule has 1 aromatic rings. The van der Waals surface area contributed by atoms with Crippen molar-refractivity contribution in [1.29, 1.82) is 0 Å². The van der Waals surface area contributed by atoms with Crippen LogP contribution in [0.3, 0.4) is 0 Å². The molecule has 0 saturated heterocycles. The number of nitrogen functional groups attached to an aromatic ring is 1. The maximum Gasteiger partial charge on any atom is 0.263 e. The smallest absolute Gasteiger partial charge is 0.263 e. The second-order valence-electron chi connectivity index (χ2n) is 4.81. The molecule has 2 rings (SSSR count). The predicted molar refractivity (Wildman–Crippen MR) is 71.5 cm³/mol. The largest absolute Gasteiger partial charge is 0.396 e. The number of aliphatic hydroxyl groups is 1. The quantitative estimate of drug-likeness (QED) is 0.765. The lowest BCUT2D eigenvalue weighted by molar-refractivity contribution is 0.0941. The Morgan fingerprint density at radius 1 is 1.56 bits per heavy atom. The molecule has 0 spiro atoms. The lowest BCUT2D eigenvalue weighted by Crippen LogP contribution is -2.31. The highest BCUT2D eigenvalue weighted by Crippen LogP contribution is 2.30. The van der Waals surface area contributed by atoms with E-state index in [0.717, 1.165) is 19.3 Å². The van der Waals surface area contributed by atoms with Crippen LogP contribution in [0.25, 0.3) is 0 Å². The predicted octanol–water partition coefficient (Wildman–Crippen LogP) is 1.17. The fourth-order valence-corrected chi connectivity index (χ4v) is 3.30. The second-order valence-corrected chi connectivity index (χ2v) is 5.84. The lowest BCUT2D eigenvalue weighted by atomic mass is 9.97. The molecule has 1 aliphatic rings. The summed E-state index contributed by atoms with van der Waals surface area (Å²) in [6, 6.07) is 0. The molecule has 0 aromatic carbocycles. The minimum atomic E-state index is -0.106. The zero-order chi connectivity index (χ0) is 13.1. The lowest BCUT2D eigenvalue weighted by Gasteiger charge is -2.17. The molecular weight excluding hydrogens is 250 g/mol. The van der Waals surface area contributed by atoms with Gasteiger partial charge in [0.1, 0.15) is 4.88 Å². The number of thiazole rings is 1. The van der Waals surface area contributed by atoms with E-state index < -0.39 is 0 Å². The molecule has 1 fully saturated rings. The Morgan fingerprint density at radius 3 is 2.89 bits per heavy atom. The Balaban J connectivity index is 1.90. The van der Waals surface area contributed by atoms with Gasteiger partial charge in [-0.1, -0.05) is 17.8 Å². The summed E-state index contributed by atoms with van der Waals surface area (Å²) in [4.78, 5) is 16.6. The summed E-state index contributed by atoms with van der Waals surface area (Å²) in [7, 11) is 0. The molecule has 4 N–H and O–H groups in total. The molecule has 6 heteroatoms. The van der Waals surface area contributed by atoms with Gasteiger partial charge in [-0.25, -0.2) is 4.98 Å². The summed E-state index contributed by atoms with van der Waals surface area (Å²) in [5.74, 6) is 0.618. The van der Waals surface area contributed by atoms with Crippen LogP contribution in [0.2, 0.25) is 0 Å². The van der Waals surface area contributed by atoms with Crippen LogP contribution in [0.5, 0.6) is 0 Å². The minimum Gasteiger partial charge on any atom is -0.396 e. The first-order valence-corrected chi connectivity index (χ1v) is 7.05. The van der Waals surface area contributed by atoms with Gasteiger partial charge in [0.2, 0.25) is 0 Å². The van der Waals surface area contributed by atoms with Gasteiger partial charge in [-0.15, -0.1) is 0 Å². The molecule has 2 atom stereocenters. The number of aliphatic hydroxyl groups excluding tert-OH is 1. The summed E-state index contributed by atoms with van der Waals surface area (Å²) in [6.45, 7) is 2.63. The van der Waals surface area contributed by atoms with Crippen molar-refractivity contribution >= 4 is 22.4 Å². The molecular formula is C12H19N3O2S. The van der Waals surface area contributed by atoms with E-state index in [9.17, 15) is 9.90 Å². The number of hydrogen-bond acceptors (Lipinski definition) is 5. The van der Waals surface area contributed by atoms with Crippen LogP contribution in [0.15, 0.2) is 0 Å². The van der Waals surface area contributed by atoms with Gasteiger partial charge >= 0.3 is 0 Å². The van der Waals surface area contributed by atoms with Crippen LogP contribution in [-0.4, -0.2) is 29.1 Å². The number of hydrogen-bond donors (Lipinski definition) is 3. The van der Waals surface area contributed by atoms with Crippen LogP contribution in [0.1, 0.15) is 34.6 Å². The first-order chi connectivity index (χ1) is 8.61. The van der Waals surface area contributed by atoms with Crippen molar-refractivity contribution in [3.05, 3.63) is 10.6 Å². The fourth-order valence-electron chi connectivity index (χ4n) is 2.55. The zero-order valence-electron chi connectivity index (χ0n) is 10.5. The van der Waals surface area contributed by atoms with Crippen LogP contribution >= 0.6 is 11.3 Å². The summed E-state index contributed by atoms with van der Waals surface area (Å²) in [5.41, 5.74) is 6.25. The highest BCUT2D eigenvalue weighted by atomic mass is 32.1. The molecule has 1 heterocycles. The summed E-state index contributed by atoms with van der Waals surface area (Å²) in [6.07, 6.45) is 3.27. The standard InChI is InChI=1S/C12H19N3O2S/c1-7-10(18-12(13)15-7)11(17)14-5-8-3-2-4-9(8)6-16/h8-9,16H,2-6H2,1H3,(H2,13,15)(H,14,17). The summed E-state index contributed by atoms with van der Waals surface area (Å²) >= 11 is 1.22. The third kappa shape index (κ3) is 2.81. The normalized spacial score (nSPS) is 23.2. The summed E-state index contributed by atoms with van der Waals surface area (Å²) < 4.78 is 0. The van der Waals surface area contributed by atoms with Crippen LogP contribution < -0.4 is 11.1 Å². The number of aryl methyl sites for hydroxylation is 1. The number of nitrogens with two attached hydrogens (primary N) is 1. The van der Waals surface area contributed by atoms with Gasteiger partial charge in [0.25, 0.3) is 5.91 Å². The van der Waals surface area contributed by atoms with E-state index in [1.165, 1.54) is 11.3 Å². The van der Waals surface area contributed by atoms with E-state index in [1.54, 1.807) is 6.92 Å². The average Bonchev–Trinajstić information content (AvgIpc) is 2.92.